The summed E-state index contributed by atoms with van der Waals surface area (Å²) in [5.74, 6) is -0.175. The fourth-order valence-corrected chi connectivity index (χ4v) is 4.02. The Bertz CT molecular complexity index is 473. The first-order chi connectivity index (χ1) is 11.6. The van der Waals surface area contributed by atoms with Crippen LogP contribution in [0.5, 0.6) is 0 Å². The van der Waals surface area contributed by atoms with Gasteiger partial charge in [0.15, 0.2) is 6.10 Å². The first kappa shape index (κ1) is 20.7. The van der Waals surface area contributed by atoms with Crippen LogP contribution in [0.3, 0.4) is 0 Å². The molecule has 0 bridgehead atoms. The number of ether oxygens (including phenoxy) is 4. The van der Waals surface area contributed by atoms with E-state index in [-0.39, 0.29) is 29.9 Å². The van der Waals surface area contributed by atoms with E-state index in [9.17, 15) is 4.79 Å². The Hall–Kier alpha value is -0.650. The summed E-state index contributed by atoms with van der Waals surface area (Å²) in [6, 6.07) is 0. The molecule has 5 heteroatoms. The van der Waals surface area contributed by atoms with Gasteiger partial charge < -0.3 is 18.9 Å². The van der Waals surface area contributed by atoms with Gasteiger partial charge in [-0.25, -0.2) is 0 Å². The van der Waals surface area contributed by atoms with E-state index in [0.29, 0.717) is 13.2 Å². The third-order valence-corrected chi connectivity index (χ3v) is 5.53. The molecule has 5 nitrogen and oxygen atoms in total. The molecule has 4 atom stereocenters. The van der Waals surface area contributed by atoms with Crippen molar-refractivity contribution in [1.29, 1.82) is 0 Å². The van der Waals surface area contributed by atoms with E-state index in [1.54, 1.807) is 0 Å². The highest BCUT2D eigenvalue weighted by Crippen LogP contribution is 2.42. The standard InChI is InChI=1S/C20H36O5/c1-8-10-18(3,4)17(21)24-14-12-23-20(7)15(13-22-16(14)20)25-19(5,6)11-9-2/h14-16H,8-13H2,1-7H3/t14?,15?,16-,20-/m1/s1. The van der Waals surface area contributed by atoms with Gasteiger partial charge >= 0.3 is 5.97 Å². The number of carbonyl (C=O) groups is 1. The summed E-state index contributed by atoms with van der Waals surface area (Å²) in [5, 5.41) is 0. The topological polar surface area (TPSA) is 54.0 Å². The molecule has 146 valence electrons. The van der Waals surface area contributed by atoms with E-state index in [0.717, 1.165) is 25.7 Å². The molecule has 0 aromatic heterocycles. The monoisotopic (exact) mass is 356 g/mol. The highest BCUT2D eigenvalue weighted by molar-refractivity contribution is 5.76. The largest absolute Gasteiger partial charge is 0.457 e. The summed E-state index contributed by atoms with van der Waals surface area (Å²) in [5.41, 5.74) is -1.27. The zero-order chi connectivity index (χ0) is 18.9. The average Bonchev–Trinajstić information content (AvgIpc) is 2.96. The van der Waals surface area contributed by atoms with Crippen LogP contribution in [0.2, 0.25) is 0 Å². The Morgan fingerprint density at radius 2 is 1.76 bits per heavy atom. The molecule has 0 N–H and O–H groups in total. The maximum atomic E-state index is 12.5. The maximum absolute atomic E-state index is 12.5. The number of esters is 1. The summed E-state index contributed by atoms with van der Waals surface area (Å²) in [7, 11) is 0. The van der Waals surface area contributed by atoms with Gasteiger partial charge in [-0.1, -0.05) is 26.7 Å². The molecule has 0 spiro atoms. The minimum Gasteiger partial charge on any atom is -0.457 e. The van der Waals surface area contributed by atoms with Crippen LogP contribution in [-0.4, -0.2) is 48.7 Å². The molecular formula is C20H36O5. The first-order valence-corrected chi connectivity index (χ1v) is 9.70. The van der Waals surface area contributed by atoms with Gasteiger partial charge in [0, 0.05) is 0 Å². The van der Waals surface area contributed by atoms with Crippen molar-refractivity contribution in [3.63, 3.8) is 0 Å². The highest BCUT2D eigenvalue weighted by Gasteiger charge is 2.60. The Morgan fingerprint density at radius 1 is 1.12 bits per heavy atom. The second kappa shape index (κ2) is 7.53. The number of carbonyl (C=O) groups excluding carboxylic acids is 1. The molecule has 0 aromatic carbocycles. The molecule has 2 rings (SSSR count). The number of rotatable bonds is 8. The van der Waals surface area contributed by atoms with Gasteiger partial charge in [0.05, 0.1) is 24.2 Å². The molecule has 2 aliphatic rings. The molecule has 2 aliphatic heterocycles. The van der Waals surface area contributed by atoms with Crippen LogP contribution in [0.15, 0.2) is 0 Å². The summed E-state index contributed by atoms with van der Waals surface area (Å²) in [6.45, 7) is 15.2. The fourth-order valence-electron chi connectivity index (χ4n) is 4.02. The van der Waals surface area contributed by atoms with Crippen molar-refractivity contribution in [1.82, 2.24) is 0 Å². The van der Waals surface area contributed by atoms with E-state index in [2.05, 4.69) is 27.7 Å². The molecule has 25 heavy (non-hydrogen) atoms. The van der Waals surface area contributed by atoms with Crippen LogP contribution in [0.4, 0.5) is 0 Å². The third kappa shape index (κ3) is 4.37. The lowest BCUT2D eigenvalue weighted by Gasteiger charge is -2.35. The molecule has 0 radical (unpaired) electrons. The van der Waals surface area contributed by atoms with Crippen molar-refractivity contribution in [3.8, 4) is 0 Å². The van der Waals surface area contributed by atoms with Gasteiger partial charge in [-0.2, -0.15) is 0 Å². The Labute approximate surface area is 152 Å². The molecule has 0 aliphatic carbocycles. The predicted octanol–water partition coefficient (Wildman–Crippen LogP) is 3.88. The molecule has 0 saturated carbocycles. The smallest absolute Gasteiger partial charge is 0.311 e. The zero-order valence-electron chi connectivity index (χ0n) is 17.0. The minimum absolute atomic E-state index is 0.147. The van der Waals surface area contributed by atoms with Gasteiger partial charge in [0.1, 0.15) is 17.8 Å². The summed E-state index contributed by atoms with van der Waals surface area (Å²) in [4.78, 5) is 12.5. The van der Waals surface area contributed by atoms with Crippen LogP contribution in [-0.2, 0) is 23.7 Å². The van der Waals surface area contributed by atoms with Crippen LogP contribution < -0.4 is 0 Å². The quantitative estimate of drug-likeness (QED) is 0.618. The van der Waals surface area contributed by atoms with Gasteiger partial charge in [0.2, 0.25) is 0 Å². The molecule has 2 fully saturated rings. The van der Waals surface area contributed by atoms with Gasteiger partial charge in [-0.3, -0.25) is 4.79 Å². The zero-order valence-corrected chi connectivity index (χ0v) is 17.0. The Kier molecular flexibility index (Phi) is 6.22. The number of fused-ring (bicyclic) bond motifs is 1. The molecule has 0 aromatic rings. The van der Waals surface area contributed by atoms with E-state index in [1.807, 2.05) is 20.8 Å². The molecule has 2 unspecified atom stereocenters. The van der Waals surface area contributed by atoms with Crippen molar-refractivity contribution >= 4 is 5.97 Å². The maximum Gasteiger partial charge on any atom is 0.311 e. The summed E-state index contributed by atoms with van der Waals surface area (Å²) < 4.78 is 24.1. The fraction of sp³-hybridized carbons (Fsp3) is 0.950. The van der Waals surface area contributed by atoms with E-state index in [4.69, 9.17) is 18.9 Å². The molecule has 2 saturated heterocycles. The van der Waals surface area contributed by atoms with Crippen LogP contribution in [0.25, 0.3) is 0 Å². The van der Waals surface area contributed by atoms with Crippen LogP contribution in [0, 0.1) is 5.41 Å². The highest BCUT2D eigenvalue weighted by atomic mass is 16.7. The summed E-state index contributed by atoms with van der Waals surface area (Å²) in [6.07, 6.45) is 3.02. The Balaban J connectivity index is 2.02. The van der Waals surface area contributed by atoms with Crippen molar-refractivity contribution in [3.05, 3.63) is 0 Å². The first-order valence-electron chi connectivity index (χ1n) is 9.70. The van der Waals surface area contributed by atoms with Crippen molar-refractivity contribution in [2.45, 2.75) is 104 Å². The van der Waals surface area contributed by atoms with E-state index in [1.165, 1.54) is 0 Å². The normalized spacial score (nSPS) is 32.7. The van der Waals surface area contributed by atoms with Crippen molar-refractivity contribution < 1.29 is 23.7 Å². The minimum atomic E-state index is -0.565. The average molecular weight is 357 g/mol. The lowest BCUT2D eigenvalue weighted by atomic mass is 9.88. The van der Waals surface area contributed by atoms with Crippen LogP contribution >= 0.6 is 0 Å². The lowest BCUT2D eigenvalue weighted by molar-refractivity contribution is -0.165. The van der Waals surface area contributed by atoms with Gasteiger partial charge in [-0.05, 0) is 47.5 Å². The molecular weight excluding hydrogens is 320 g/mol. The summed E-state index contributed by atoms with van der Waals surface area (Å²) >= 11 is 0. The third-order valence-electron chi connectivity index (χ3n) is 5.53. The Morgan fingerprint density at radius 3 is 2.36 bits per heavy atom. The van der Waals surface area contributed by atoms with Crippen molar-refractivity contribution in [2.24, 2.45) is 5.41 Å². The van der Waals surface area contributed by atoms with Gasteiger partial charge in [-0.15, -0.1) is 0 Å². The predicted molar refractivity (Wildman–Crippen MR) is 96.5 cm³/mol. The number of hydrogen-bond donors (Lipinski definition) is 0. The SMILES string of the molecule is CCCC(C)(C)OC1CO[C@@H]2C(OC(=O)C(C)(C)CCC)CO[C@]12C. The molecule has 2 heterocycles. The molecule has 0 amide bonds. The second-order valence-electron chi connectivity index (χ2n) is 8.94. The van der Waals surface area contributed by atoms with E-state index >= 15 is 0 Å². The van der Waals surface area contributed by atoms with E-state index < -0.39 is 11.0 Å². The van der Waals surface area contributed by atoms with Crippen molar-refractivity contribution in [2.75, 3.05) is 13.2 Å². The number of hydrogen-bond acceptors (Lipinski definition) is 5. The second-order valence-corrected chi connectivity index (χ2v) is 8.94. The van der Waals surface area contributed by atoms with Gasteiger partial charge in [0.25, 0.3) is 0 Å². The lowest BCUT2D eigenvalue weighted by Crippen LogP contribution is -2.49. The van der Waals surface area contributed by atoms with Crippen LogP contribution in [0.1, 0.15) is 74.1 Å².